The molecule has 0 spiro atoms. The second-order valence-electron chi connectivity index (χ2n) is 5.98. The maximum atomic E-state index is 12.3. The van der Waals surface area contributed by atoms with Crippen molar-refractivity contribution in [1.82, 2.24) is 0 Å². The number of benzene rings is 1. The molecule has 0 aromatic heterocycles. The zero-order chi connectivity index (χ0) is 14.8. The topological polar surface area (TPSA) is 44.8 Å². The predicted octanol–water partition coefficient (Wildman–Crippen LogP) is 2.24. The van der Waals surface area contributed by atoms with Crippen molar-refractivity contribution in [2.75, 3.05) is 27.6 Å². The van der Waals surface area contributed by atoms with E-state index in [0.717, 1.165) is 18.6 Å². The van der Waals surface area contributed by atoms with Crippen molar-refractivity contribution in [3.63, 3.8) is 0 Å². The molecule has 1 fully saturated rings. The number of fused-ring (bicyclic) bond motifs is 2. The Balaban J connectivity index is 1.79. The first-order chi connectivity index (χ1) is 10.2. The highest BCUT2D eigenvalue weighted by Crippen LogP contribution is 2.45. The Morgan fingerprint density at radius 3 is 2.81 bits per heavy atom. The molecule has 0 radical (unpaired) electrons. The molecule has 3 rings (SSSR count). The van der Waals surface area contributed by atoms with E-state index in [2.05, 4.69) is 6.07 Å². The summed E-state index contributed by atoms with van der Waals surface area (Å²) in [6.07, 6.45) is 2.56. The van der Waals surface area contributed by atoms with Crippen molar-refractivity contribution in [2.24, 2.45) is 17.8 Å². The Bertz CT molecular complexity index is 526. The van der Waals surface area contributed by atoms with Crippen LogP contribution < -0.4 is 4.74 Å². The van der Waals surface area contributed by atoms with Gasteiger partial charge in [-0.25, -0.2) is 0 Å². The number of hydrogen-bond acceptors (Lipinski definition) is 4. The van der Waals surface area contributed by atoms with Gasteiger partial charge < -0.3 is 14.2 Å². The molecular formula is C17H22O4. The molecule has 1 unspecified atom stereocenters. The smallest absolute Gasteiger partial charge is 0.146 e. The third-order valence-corrected chi connectivity index (χ3v) is 4.87. The Morgan fingerprint density at radius 2 is 2.05 bits per heavy atom. The molecule has 0 bridgehead atoms. The van der Waals surface area contributed by atoms with Gasteiger partial charge in [-0.05, 0) is 41.9 Å². The number of carbonyl (C=O) groups is 1. The van der Waals surface area contributed by atoms with Crippen molar-refractivity contribution in [3.05, 3.63) is 29.3 Å². The van der Waals surface area contributed by atoms with Crippen LogP contribution in [0, 0.1) is 17.8 Å². The summed E-state index contributed by atoms with van der Waals surface area (Å²) in [5, 5.41) is 0. The van der Waals surface area contributed by atoms with Crippen LogP contribution in [-0.2, 0) is 27.1 Å². The maximum absolute atomic E-state index is 12.3. The number of ether oxygens (including phenoxy) is 3. The molecule has 3 atom stereocenters. The largest absolute Gasteiger partial charge is 0.496 e. The summed E-state index contributed by atoms with van der Waals surface area (Å²) in [6.45, 7) is 0.735. The van der Waals surface area contributed by atoms with Gasteiger partial charge in [0.2, 0.25) is 0 Å². The van der Waals surface area contributed by atoms with Crippen molar-refractivity contribution in [3.8, 4) is 5.75 Å². The number of carbonyl (C=O) groups excluding carboxylic acids is 1. The number of rotatable bonds is 5. The van der Waals surface area contributed by atoms with E-state index in [4.69, 9.17) is 14.2 Å². The summed E-state index contributed by atoms with van der Waals surface area (Å²) in [4.78, 5) is 12.3. The second kappa shape index (κ2) is 6.16. The molecule has 21 heavy (non-hydrogen) atoms. The number of Topliss-reactive ketones (excluding diaryl/α,β-unsaturated/α-hetero) is 1. The van der Waals surface area contributed by atoms with Gasteiger partial charge in [0.1, 0.15) is 18.3 Å². The summed E-state index contributed by atoms with van der Waals surface area (Å²) in [7, 11) is 3.31. The molecule has 2 aliphatic rings. The monoisotopic (exact) mass is 290 g/mol. The molecule has 1 saturated carbocycles. The van der Waals surface area contributed by atoms with Gasteiger partial charge >= 0.3 is 0 Å². The van der Waals surface area contributed by atoms with Gasteiger partial charge in [0.15, 0.2) is 0 Å². The molecule has 4 heteroatoms. The Morgan fingerprint density at radius 1 is 1.19 bits per heavy atom. The van der Waals surface area contributed by atoms with Crippen LogP contribution in [0.15, 0.2) is 18.2 Å². The molecular weight excluding hydrogens is 268 g/mol. The van der Waals surface area contributed by atoms with E-state index in [0.29, 0.717) is 30.6 Å². The van der Waals surface area contributed by atoms with Crippen molar-refractivity contribution in [2.45, 2.75) is 19.3 Å². The summed E-state index contributed by atoms with van der Waals surface area (Å²) < 4.78 is 15.8. The first-order valence-electron chi connectivity index (χ1n) is 7.48. The third-order valence-electron chi connectivity index (χ3n) is 4.87. The molecule has 114 valence electrons. The lowest BCUT2D eigenvalue weighted by molar-refractivity contribution is -0.125. The Kier molecular flexibility index (Phi) is 4.27. The van der Waals surface area contributed by atoms with Gasteiger partial charge in [-0.3, -0.25) is 4.79 Å². The summed E-state index contributed by atoms with van der Waals surface area (Å²) in [5.74, 6) is 2.14. The van der Waals surface area contributed by atoms with Crippen molar-refractivity contribution in [1.29, 1.82) is 0 Å². The maximum Gasteiger partial charge on any atom is 0.146 e. The fourth-order valence-corrected chi connectivity index (χ4v) is 3.88. The van der Waals surface area contributed by atoms with Crippen LogP contribution in [0.5, 0.6) is 5.75 Å². The van der Waals surface area contributed by atoms with E-state index in [1.807, 2.05) is 12.1 Å². The number of methoxy groups -OCH3 is 2. The first-order valence-corrected chi connectivity index (χ1v) is 7.48. The standard InChI is InChI=1S/C17H22O4/c1-19-10-21-9-15-13-6-11-4-3-5-17(20-2)14(11)7-12(13)8-16(15)18/h3-5,12-13,15H,6-10H2,1-2H3/t12-,13-,15?/m0/s1. The highest BCUT2D eigenvalue weighted by Gasteiger charge is 2.45. The van der Waals surface area contributed by atoms with E-state index >= 15 is 0 Å². The van der Waals surface area contributed by atoms with Crippen LogP contribution >= 0.6 is 0 Å². The number of ketones is 1. The van der Waals surface area contributed by atoms with Crippen LogP contribution in [0.25, 0.3) is 0 Å². The molecule has 2 aliphatic carbocycles. The van der Waals surface area contributed by atoms with E-state index in [1.54, 1.807) is 14.2 Å². The summed E-state index contributed by atoms with van der Waals surface area (Å²) >= 11 is 0. The first kappa shape index (κ1) is 14.5. The highest BCUT2D eigenvalue weighted by molar-refractivity contribution is 5.84. The van der Waals surface area contributed by atoms with Crippen molar-refractivity contribution < 1.29 is 19.0 Å². The third kappa shape index (κ3) is 2.70. The van der Waals surface area contributed by atoms with Crippen LogP contribution in [0.4, 0.5) is 0 Å². The zero-order valence-electron chi connectivity index (χ0n) is 12.6. The molecule has 4 nitrogen and oxygen atoms in total. The Hall–Kier alpha value is -1.39. The zero-order valence-corrected chi connectivity index (χ0v) is 12.6. The second-order valence-corrected chi connectivity index (χ2v) is 5.98. The van der Waals surface area contributed by atoms with E-state index in [1.165, 1.54) is 11.1 Å². The molecule has 1 aromatic rings. The van der Waals surface area contributed by atoms with Gasteiger partial charge in [-0.2, -0.15) is 0 Å². The predicted molar refractivity (Wildman–Crippen MR) is 78.3 cm³/mol. The van der Waals surface area contributed by atoms with Gasteiger partial charge in [-0.1, -0.05) is 12.1 Å². The minimum absolute atomic E-state index is 0.0181. The fraction of sp³-hybridized carbons (Fsp3) is 0.588. The lowest BCUT2D eigenvalue weighted by Crippen LogP contribution is -2.29. The van der Waals surface area contributed by atoms with Crippen LogP contribution in [-0.4, -0.2) is 33.4 Å². The SMILES string of the molecule is COCOCC1C(=O)C[C@@H]2Cc3c(cccc3OC)C[C@H]12. The van der Waals surface area contributed by atoms with Crippen molar-refractivity contribution >= 4 is 5.78 Å². The van der Waals surface area contributed by atoms with Crippen LogP contribution in [0.1, 0.15) is 17.5 Å². The quantitative estimate of drug-likeness (QED) is 0.616. The van der Waals surface area contributed by atoms with Gasteiger partial charge in [-0.15, -0.1) is 0 Å². The minimum atomic E-state index is 0.0181. The molecule has 1 aromatic carbocycles. The van der Waals surface area contributed by atoms with E-state index in [9.17, 15) is 4.79 Å². The fourth-order valence-electron chi connectivity index (χ4n) is 3.88. The van der Waals surface area contributed by atoms with Gasteiger partial charge in [0.05, 0.1) is 13.7 Å². The Labute approximate surface area is 125 Å². The van der Waals surface area contributed by atoms with E-state index < -0.39 is 0 Å². The molecule has 0 N–H and O–H groups in total. The average Bonchev–Trinajstić information content (AvgIpc) is 2.80. The summed E-state index contributed by atoms with van der Waals surface area (Å²) in [6, 6.07) is 6.20. The summed E-state index contributed by atoms with van der Waals surface area (Å²) in [5.41, 5.74) is 2.61. The minimum Gasteiger partial charge on any atom is -0.496 e. The molecule has 0 heterocycles. The normalized spacial score (nSPS) is 27.3. The van der Waals surface area contributed by atoms with Gasteiger partial charge in [0.25, 0.3) is 0 Å². The van der Waals surface area contributed by atoms with E-state index in [-0.39, 0.29) is 12.7 Å². The average molecular weight is 290 g/mol. The van der Waals surface area contributed by atoms with Crippen LogP contribution in [0.3, 0.4) is 0 Å². The molecule has 0 amide bonds. The lowest BCUT2D eigenvalue weighted by atomic mass is 9.75. The number of hydrogen-bond donors (Lipinski definition) is 0. The van der Waals surface area contributed by atoms with Crippen LogP contribution in [0.2, 0.25) is 0 Å². The lowest BCUT2D eigenvalue weighted by Gasteiger charge is -2.31. The molecule has 0 saturated heterocycles. The molecule has 0 aliphatic heterocycles. The van der Waals surface area contributed by atoms with Gasteiger partial charge in [0, 0.05) is 19.4 Å². The highest BCUT2D eigenvalue weighted by atomic mass is 16.7.